The molecule has 0 aromatic carbocycles. The number of nitrogens with zero attached hydrogens (tertiary/aromatic N) is 2. The van der Waals surface area contributed by atoms with E-state index in [1.165, 1.54) is 5.69 Å². The maximum absolute atomic E-state index is 10.0. The fourth-order valence-electron chi connectivity index (χ4n) is 2.28. The van der Waals surface area contributed by atoms with Crippen molar-refractivity contribution in [1.29, 1.82) is 0 Å². The average molecular weight is 253 g/mol. The molecule has 104 valence electrons. The second-order valence-electron chi connectivity index (χ2n) is 5.16. The second-order valence-corrected chi connectivity index (χ2v) is 5.16. The molecule has 0 saturated heterocycles. The van der Waals surface area contributed by atoms with Gasteiger partial charge >= 0.3 is 0 Å². The minimum absolute atomic E-state index is 0.254. The standard InChI is InChI=1S/C14H27N3O/c1-5-12(6-2)14(18)9-15-7-13-8-16-10-17(13)11(3)4/h8,10-12,14-15,18H,5-7,9H2,1-4H3. The molecule has 1 rings (SSSR count). The van der Waals surface area contributed by atoms with Crippen LogP contribution in [0.4, 0.5) is 0 Å². The third-order valence-electron chi connectivity index (χ3n) is 3.56. The fourth-order valence-corrected chi connectivity index (χ4v) is 2.28. The number of nitrogens with one attached hydrogen (secondary N) is 1. The molecule has 0 saturated carbocycles. The van der Waals surface area contributed by atoms with Gasteiger partial charge in [-0.3, -0.25) is 0 Å². The number of rotatable bonds is 8. The summed E-state index contributed by atoms with van der Waals surface area (Å²) in [6, 6.07) is 0.424. The Kier molecular flexibility index (Phi) is 6.36. The summed E-state index contributed by atoms with van der Waals surface area (Å²) in [5.74, 6) is 0.396. The summed E-state index contributed by atoms with van der Waals surface area (Å²) in [4.78, 5) is 4.17. The predicted octanol–water partition coefficient (Wildman–Crippen LogP) is 2.35. The Bertz CT molecular complexity index is 332. The smallest absolute Gasteiger partial charge is 0.0951 e. The van der Waals surface area contributed by atoms with Gasteiger partial charge in [-0.05, 0) is 19.8 Å². The molecule has 0 spiro atoms. The molecule has 0 aliphatic rings. The molecule has 0 aliphatic carbocycles. The summed E-state index contributed by atoms with van der Waals surface area (Å²) in [5, 5.41) is 13.4. The molecule has 4 heteroatoms. The van der Waals surface area contributed by atoms with E-state index < -0.39 is 0 Å². The zero-order valence-corrected chi connectivity index (χ0v) is 12.1. The van der Waals surface area contributed by atoms with Crippen LogP contribution in [-0.4, -0.2) is 27.3 Å². The van der Waals surface area contributed by atoms with Crippen molar-refractivity contribution in [2.45, 2.75) is 59.2 Å². The monoisotopic (exact) mass is 253 g/mol. The largest absolute Gasteiger partial charge is 0.392 e. The molecule has 1 aromatic heterocycles. The highest BCUT2D eigenvalue weighted by Gasteiger charge is 2.15. The van der Waals surface area contributed by atoms with Gasteiger partial charge in [-0.15, -0.1) is 0 Å². The lowest BCUT2D eigenvalue weighted by Crippen LogP contribution is -2.32. The Morgan fingerprint density at radius 3 is 2.56 bits per heavy atom. The van der Waals surface area contributed by atoms with Crippen molar-refractivity contribution in [1.82, 2.24) is 14.9 Å². The Labute approximate surface area is 110 Å². The van der Waals surface area contributed by atoms with Crippen LogP contribution in [0.3, 0.4) is 0 Å². The van der Waals surface area contributed by atoms with E-state index in [1.54, 1.807) is 0 Å². The van der Waals surface area contributed by atoms with Crippen molar-refractivity contribution >= 4 is 0 Å². The lowest BCUT2D eigenvalue weighted by Gasteiger charge is -2.20. The van der Waals surface area contributed by atoms with Crippen LogP contribution in [0.15, 0.2) is 12.5 Å². The highest BCUT2D eigenvalue weighted by atomic mass is 16.3. The predicted molar refractivity (Wildman–Crippen MR) is 74.4 cm³/mol. The van der Waals surface area contributed by atoms with Gasteiger partial charge in [0, 0.05) is 25.3 Å². The van der Waals surface area contributed by atoms with Crippen LogP contribution >= 0.6 is 0 Å². The van der Waals surface area contributed by atoms with Crippen LogP contribution in [0.25, 0.3) is 0 Å². The van der Waals surface area contributed by atoms with Crippen molar-refractivity contribution in [3.05, 3.63) is 18.2 Å². The van der Waals surface area contributed by atoms with Crippen LogP contribution in [0.1, 0.15) is 52.3 Å². The average Bonchev–Trinajstić information content (AvgIpc) is 2.79. The Morgan fingerprint density at radius 2 is 2.00 bits per heavy atom. The van der Waals surface area contributed by atoms with Crippen LogP contribution in [-0.2, 0) is 6.54 Å². The molecule has 0 amide bonds. The van der Waals surface area contributed by atoms with E-state index >= 15 is 0 Å². The van der Waals surface area contributed by atoms with Crippen molar-refractivity contribution < 1.29 is 5.11 Å². The van der Waals surface area contributed by atoms with Gasteiger partial charge in [0.15, 0.2) is 0 Å². The normalized spacial score (nSPS) is 13.5. The summed E-state index contributed by atoms with van der Waals surface area (Å²) >= 11 is 0. The van der Waals surface area contributed by atoms with Crippen molar-refractivity contribution in [2.75, 3.05) is 6.54 Å². The molecule has 0 fully saturated rings. The number of aliphatic hydroxyl groups is 1. The lowest BCUT2D eigenvalue weighted by atomic mass is 9.96. The highest BCUT2D eigenvalue weighted by Crippen LogP contribution is 2.13. The number of imidazole rings is 1. The van der Waals surface area contributed by atoms with E-state index in [1.807, 2.05) is 12.5 Å². The molecular formula is C14H27N3O. The van der Waals surface area contributed by atoms with E-state index in [4.69, 9.17) is 0 Å². The minimum atomic E-state index is -0.254. The molecule has 1 heterocycles. The first-order valence-electron chi connectivity index (χ1n) is 6.99. The van der Waals surface area contributed by atoms with E-state index in [0.29, 0.717) is 18.5 Å². The zero-order valence-electron chi connectivity index (χ0n) is 12.1. The van der Waals surface area contributed by atoms with Gasteiger partial charge in [-0.25, -0.2) is 4.98 Å². The zero-order chi connectivity index (χ0) is 13.5. The third-order valence-corrected chi connectivity index (χ3v) is 3.56. The van der Waals surface area contributed by atoms with Gasteiger partial charge in [0.25, 0.3) is 0 Å². The molecule has 0 aliphatic heterocycles. The molecule has 1 atom stereocenters. The number of hydrogen-bond donors (Lipinski definition) is 2. The first kappa shape index (κ1) is 15.2. The van der Waals surface area contributed by atoms with Crippen LogP contribution < -0.4 is 5.32 Å². The number of aromatic nitrogens is 2. The summed E-state index contributed by atoms with van der Waals surface area (Å²) < 4.78 is 2.15. The summed E-state index contributed by atoms with van der Waals surface area (Å²) in [6.45, 7) is 9.95. The van der Waals surface area contributed by atoms with E-state index in [9.17, 15) is 5.11 Å². The first-order chi connectivity index (χ1) is 8.60. The molecule has 2 N–H and O–H groups in total. The second kappa shape index (κ2) is 7.54. The van der Waals surface area contributed by atoms with E-state index in [-0.39, 0.29) is 6.10 Å². The Balaban J connectivity index is 2.39. The van der Waals surface area contributed by atoms with Gasteiger partial charge in [0.2, 0.25) is 0 Å². The van der Waals surface area contributed by atoms with Crippen LogP contribution in [0, 0.1) is 5.92 Å². The topological polar surface area (TPSA) is 50.1 Å². The van der Waals surface area contributed by atoms with Crippen molar-refractivity contribution in [3.63, 3.8) is 0 Å². The van der Waals surface area contributed by atoms with Gasteiger partial charge in [0.05, 0.1) is 18.1 Å². The SMILES string of the molecule is CCC(CC)C(O)CNCc1cncn1C(C)C. The van der Waals surface area contributed by atoms with Gasteiger partial charge < -0.3 is 15.0 Å². The third kappa shape index (κ3) is 4.10. The van der Waals surface area contributed by atoms with E-state index in [0.717, 1.165) is 19.4 Å². The molecule has 18 heavy (non-hydrogen) atoms. The summed E-state index contributed by atoms with van der Waals surface area (Å²) in [6.07, 6.45) is 5.55. The van der Waals surface area contributed by atoms with Gasteiger partial charge in [-0.2, -0.15) is 0 Å². The fraction of sp³-hybridized carbons (Fsp3) is 0.786. The maximum Gasteiger partial charge on any atom is 0.0951 e. The minimum Gasteiger partial charge on any atom is -0.392 e. The van der Waals surface area contributed by atoms with Gasteiger partial charge in [0.1, 0.15) is 0 Å². The molecule has 0 radical (unpaired) electrons. The lowest BCUT2D eigenvalue weighted by molar-refractivity contribution is 0.101. The number of aliphatic hydroxyl groups excluding tert-OH is 1. The molecule has 0 bridgehead atoms. The van der Waals surface area contributed by atoms with Crippen molar-refractivity contribution in [3.8, 4) is 0 Å². The molecular weight excluding hydrogens is 226 g/mol. The molecule has 4 nitrogen and oxygen atoms in total. The Hall–Kier alpha value is -0.870. The number of hydrogen-bond acceptors (Lipinski definition) is 3. The molecule has 1 unspecified atom stereocenters. The summed E-state index contributed by atoms with van der Waals surface area (Å²) in [5.41, 5.74) is 1.17. The Morgan fingerprint density at radius 1 is 1.33 bits per heavy atom. The quantitative estimate of drug-likeness (QED) is 0.747. The maximum atomic E-state index is 10.0. The van der Waals surface area contributed by atoms with Crippen molar-refractivity contribution in [2.24, 2.45) is 5.92 Å². The highest BCUT2D eigenvalue weighted by molar-refractivity contribution is 4.99. The van der Waals surface area contributed by atoms with Crippen LogP contribution in [0.5, 0.6) is 0 Å². The van der Waals surface area contributed by atoms with E-state index in [2.05, 4.69) is 42.6 Å². The van der Waals surface area contributed by atoms with Gasteiger partial charge in [-0.1, -0.05) is 26.7 Å². The summed E-state index contributed by atoms with van der Waals surface area (Å²) in [7, 11) is 0. The first-order valence-corrected chi connectivity index (χ1v) is 6.99. The molecule has 1 aromatic rings. The van der Waals surface area contributed by atoms with Crippen LogP contribution in [0.2, 0.25) is 0 Å².